The van der Waals surface area contributed by atoms with Gasteiger partial charge in [-0.05, 0) is 42.8 Å². The molecule has 2 aromatic rings. The molecule has 1 heterocycles. The summed E-state index contributed by atoms with van der Waals surface area (Å²) >= 11 is 0. The van der Waals surface area contributed by atoms with Crippen LogP contribution in [0.25, 0.3) is 0 Å². The Morgan fingerprint density at radius 2 is 1.81 bits per heavy atom. The first-order valence-electron chi connectivity index (χ1n) is 11.4. The number of sulfonamides is 1. The van der Waals surface area contributed by atoms with E-state index in [0.717, 1.165) is 4.31 Å². The highest BCUT2D eigenvalue weighted by molar-refractivity contribution is 7.89. The van der Waals surface area contributed by atoms with Crippen molar-refractivity contribution in [2.75, 3.05) is 45.0 Å². The Morgan fingerprint density at radius 3 is 2.49 bits per heavy atom. The van der Waals surface area contributed by atoms with Crippen LogP contribution in [0.5, 0.6) is 5.75 Å². The molecule has 37 heavy (non-hydrogen) atoms. The second-order valence-electron chi connectivity index (χ2n) is 7.86. The molecule has 1 aliphatic rings. The Bertz CT molecular complexity index is 1250. The topological polar surface area (TPSA) is 135 Å². The number of hydrogen-bond donors (Lipinski definition) is 2. The van der Waals surface area contributed by atoms with Gasteiger partial charge in [-0.15, -0.1) is 0 Å². The summed E-state index contributed by atoms with van der Waals surface area (Å²) in [7, 11) is -2.73. The van der Waals surface area contributed by atoms with Gasteiger partial charge in [0.05, 0.1) is 11.4 Å². The van der Waals surface area contributed by atoms with Crippen molar-refractivity contribution in [3.63, 3.8) is 0 Å². The van der Waals surface area contributed by atoms with Crippen LogP contribution < -0.4 is 15.1 Å². The first-order chi connectivity index (χ1) is 17.8. The Morgan fingerprint density at radius 1 is 1.11 bits per heavy atom. The van der Waals surface area contributed by atoms with Gasteiger partial charge in [-0.1, -0.05) is 30.0 Å². The number of hydrogen-bond acceptors (Lipinski definition) is 8. The zero-order valence-electron chi connectivity index (χ0n) is 20.5. The lowest BCUT2D eigenvalue weighted by atomic mass is 10.1. The third-order valence-electron chi connectivity index (χ3n) is 5.54. The van der Waals surface area contributed by atoms with Gasteiger partial charge in [0.15, 0.2) is 0 Å². The van der Waals surface area contributed by atoms with E-state index in [1.807, 2.05) is 0 Å². The summed E-state index contributed by atoms with van der Waals surface area (Å²) in [6, 6.07) is 11.0. The van der Waals surface area contributed by atoms with E-state index in [-0.39, 0.29) is 37.8 Å². The van der Waals surface area contributed by atoms with Crippen molar-refractivity contribution in [3.05, 3.63) is 54.1 Å². The molecule has 3 rings (SSSR count). The summed E-state index contributed by atoms with van der Waals surface area (Å²) in [6.07, 6.45) is 0. The standard InChI is InChI=1S/C25H29N3O8S/c1-3-35-18-24(29)27-17-23(25(30)26-31)28(16-19-8-4-5-9-22(19)27)37(32,33)21-12-10-20(11-13-21)36-15-7-6-14-34-2/h4-5,8-13,23,31H,3,14-18H2,1-2H3,(H,26,30). The van der Waals surface area contributed by atoms with E-state index in [4.69, 9.17) is 14.2 Å². The van der Waals surface area contributed by atoms with E-state index >= 15 is 0 Å². The SMILES string of the molecule is CCOCC(=O)N1CC(C(=O)NO)N(S(=O)(=O)c2ccc(OCC#CCOC)cc2)Cc2ccccc21. The van der Waals surface area contributed by atoms with Crippen molar-refractivity contribution in [1.29, 1.82) is 0 Å². The molecule has 0 saturated carbocycles. The first kappa shape index (κ1) is 28.1. The number of fused-ring (bicyclic) bond motifs is 1. The quantitative estimate of drug-likeness (QED) is 0.280. The molecule has 198 valence electrons. The van der Waals surface area contributed by atoms with Gasteiger partial charge in [0.2, 0.25) is 10.0 Å². The minimum Gasteiger partial charge on any atom is -0.481 e. The van der Waals surface area contributed by atoms with Crippen LogP contribution in [0.15, 0.2) is 53.4 Å². The summed E-state index contributed by atoms with van der Waals surface area (Å²) in [5.74, 6) is 4.50. The Balaban J connectivity index is 1.94. The number of anilines is 1. The molecule has 2 amide bonds. The number of carbonyl (C=O) groups excluding carboxylic acids is 2. The van der Waals surface area contributed by atoms with Crippen LogP contribution in [-0.4, -0.2) is 75.9 Å². The summed E-state index contributed by atoms with van der Waals surface area (Å²) in [4.78, 5) is 26.9. The summed E-state index contributed by atoms with van der Waals surface area (Å²) in [5.41, 5.74) is 2.51. The highest BCUT2D eigenvalue weighted by Crippen LogP contribution is 2.31. The van der Waals surface area contributed by atoms with Gasteiger partial charge in [0.1, 0.15) is 31.6 Å². The van der Waals surface area contributed by atoms with E-state index in [9.17, 15) is 23.2 Å². The average Bonchev–Trinajstić information content (AvgIpc) is 3.09. The molecule has 1 aliphatic heterocycles. The van der Waals surface area contributed by atoms with E-state index in [1.54, 1.807) is 31.2 Å². The Labute approximate surface area is 215 Å². The molecule has 0 spiro atoms. The third kappa shape index (κ3) is 6.85. The number of carbonyl (C=O) groups is 2. The van der Waals surface area contributed by atoms with Gasteiger partial charge in [0.25, 0.3) is 11.8 Å². The normalized spacial score (nSPS) is 15.6. The Hall–Kier alpha value is -3.47. The van der Waals surface area contributed by atoms with E-state index in [2.05, 4.69) is 11.8 Å². The summed E-state index contributed by atoms with van der Waals surface area (Å²) < 4.78 is 44.0. The van der Waals surface area contributed by atoms with Crippen LogP contribution in [0.3, 0.4) is 0 Å². The third-order valence-corrected chi connectivity index (χ3v) is 7.41. The highest BCUT2D eigenvalue weighted by Gasteiger charge is 2.41. The second kappa shape index (κ2) is 13.2. The number of benzene rings is 2. The molecule has 0 radical (unpaired) electrons. The summed E-state index contributed by atoms with van der Waals surface area (Å²) in [5, 5.41) is 9.40. The largest absolute Gasteiger partial charge is 0.481 e. The maximum Gasteiger partial charge on any atom is 0.263 e. The maximum atomic E-state index is 13.7. The fourth-order valence-corrected chi connectivity index (χ4v) is 5.29. The monoisotopic (exact) mass is 531 g/mol. The molecule has 0 bridgehead atoms. The van der Waals surface area contributed by atoms with Gasteiger partial charge >= 0.3 is 0 Å². The van der Waals surface area contributed by atoms with Crippen LogP contribution in [0.2, 0.25) is 0 Å². The zero-order chi connectivity index (χ0) is 26.8. The van der Waals surface area contributed by atoms with Crippen LogP contribution in [-0.2, 0) is 35.6 Å². The second-order valence-corrected chi connectivity index (χ2v) is 9.75. The van der Waals surface area contributed by atoms with Crippen molar-refractivity contribution in [2.24, 2.45) is 0 Å². The zero-order valence-corrected chi connectivity index (χ0v) is 21.4. The fraction of sp³-hybridized carbons (Fsp3) is 0.360. The van der Waals surface area contributed by atoms with E-state index < -0.39 is 27.9 Å². The molecular formula is C25H29N3O8S. The minimum absolute atomic E-state index is 0.0902. The molecule has 1 atom stereocenters. The van der Waals surface area contributed by atoms with Crippen LogP contribution in [0.1, 0.15) is 12.5 Å². The highest BCUT2D eigenvalue weighted by atomic mass is 32.2. The predicted molar refractivity (Wildman–Crippen MR) is 133 cm³/mol. The molecule has 11 nitrogen and oxygen atoms in total. The Kier molecular flexibility index (Phi) is 10.0. The lowest BCUT2D eigenvalue weighted by molar-refractivity contribution is -0.133. The van der Waals surface area contributed by atoms with Crippen molar-refractivity contribution in [1.82, 2.24) is 9.79 Å². The molecule has 12 heteroatoms. The summed E-state index contributed by atoms with van der Waals surface area (Å²) in [6.45, 7) is 1.65. The average molecular weight is 532 g/mol. The first-order valence-corrected chi connectivity index (χ1v) is 12.9. The van der Waals surface area contributed by atoms with Crippen LogP contribution in [0.4, 0.5) is 5.69 Å². The van der Waals surface area contributed by atoms with Crippen LogP contribution >= 0.6 is 0 Å². The van der Waals surface area contributed by atoms with Gasteiger partial charge < -0.3 is 19.1 Å². The van der Waals surface area contributed by atoms with Gasteiger partial charge in [-0.25, -0.2) is 13.9 Å². The maximum absolute atomic E-state index is 13.7. The number of amides is 2. The molecule has 0 saturated heterocycles. The molecular weight excluding hydrogens is 502 g/mol. The van der Waals surface area contributed by atoms with Crippen LogP contribution in [0, 0.1) is 11.8 Å². The van der Waals surface area contributed by atoms with E-state index in [0.29, 0.717) is 23.6 Å². The van der Waals surface area contributed by atoms with Crippen molar-refractivity contribution in [3.8, 4) is 17.6 Å². The van der Waals surface area contributed by atoms with Crippen molar-refractivity contribution >= 4 is 27.5 Å². The van der Waals surface area contributed by atoms with Crippen molar-refractivity contribution < 1.29 is 37.4 Å². The number of nitrogens with one attached hydrogen (secondary N) is 1. The fourth-order valence-electron chi connectivity index (χ4n) is 3.73. The number of para-hydroxylation sites is 1. The lowest BCUT2D eigenvalue weighted by Gasteiger charge is -2.29. The number of nitrogens with zero attached hydrogens (tertiary/aromatic N) is 2. The van der Waals surface area contributed by atoms with Gasteiger partial charge in [0, 0.05) is 25.9 Å². The number of ether oxygens (including phenoxy) is 3. The minimum atomic E-state index is -4.26. The molecule has 0 aromatic heterocycles. The predicted octanol–water partition coefficient (Wildman–Crippen LogP) is 1.16. The molecule has 2 aromatic carbocycles. The smallest absolute Gasteiger partial charge is 0.263 e. The van der Waals surface area contributed by atoms with E-state index in [1.165, 1.54) is 41.8 Å². The van der Waals surface area contributed by atoms with Gasteiger partial charge in [-0.2, -0.15) is 4.31 Å². The molecule has 2 N–H and O–H groups in total. The molecule has 1 unspecified atom stereocenters. The number of rotatable bonds is 9. The van der Waals surface area contributed by atoms with Gasteiger partial charge in [-0.3, -0.25) is 14.8 Å². The molecule has 0 fully saturated rings. The molecule has 0 aliphatic carbocycles. The number of hydroxylamine groups is 1. The van der Waals surface area contributed by atoms with Crippen molar-refractivity contribution in [2.45, 2.75) is 24.4 Å². The lowest BCUT2D eigenvalue weighted by Crippen LogP contribution is -2.53. The number of methoxy groups -OCH3 is 1.